The third-order valence-electron chi connectivity index (χ3n) is 2.22. The minimum Gasteiger partial charge on any atom is -0.300 e. The first-order chi connectivity index (χ1) is 7.19. The van der Waals surface area contributed by atoms with Gasteiger partial charge in [0, 0.05) is 19.0 Å². The highest BCUT2D eigenvalue weighted by molar-refractivity contribution is 5.78. The maximum absolute atomic E-state index is 11.0. The van der Waals surface area contributed by atoms with E-state index in [1.165, 1.54) is 0 Å². The summed E-state index contributed by atoms with van der Waals surface area (Å²) >= 11 is 0. The summed E-state index contributed by atoms with van der Waals surface area (Å²) in [5.41, 5.74) is 1.80. The monoisotopic (exact) mass is 203 g/mol. The van der Waals surface area contributed by atoms with Crippen molar-refractivity contribution < 1.29 is 4.79 Å². The van der Waals surface area contributed by atoms with Crippen LogP contribution in [-0.2, 0) is 17.6 Å². The van der Waals surface area contributed by atoms with Crippen LogP contribution in [0.1, 0.15) is 25.2 Å². The van der Waals surface area contributed by atoms with E-state index < -0.39 is 0 Å². The zero-order chi connectivity index (χ0) is 10.8. The molecule has 2 heterocycles. The maximum atomic E-state index is 11.0. The Labute approximate surface area is 87.9 Å². The van der Waals surface area contributed by atoms with Crippen molar-refractivity contribution in [1.29, 1.82) is 0 Å². The SMILES string of the molecule is CCc1nc2cc(CC(C)=O)ccn2n1. The van der Waals surface area contributed by atoms with Gasteiger partial charge >= 0.3 is 0 Å². The van der Waals surface area contributed by atoms with Crippen LogP contribution in [0.15, 0.2) is 18.3 Å². The standard InChI is InChI=1S/C11H13N3O/c1-3-10-12-11-7-9(6-8(2)15)4-5-14(11)13-10/h4-5,7H,3,6H2,1-2H3. The number of Topliss-reactive ketones (excluding diaryl/α,β-unsaturated/α-hetero) is 1. The second-order valence-electron chi connectivity index (χ2n) is 3.60. The van der Waals surface area contributed by atoms with Crippen LogP contribution in [0.3, 0.4) is 0 Å². The van der Waals surface area contributed by atoms with E-state index in [1.54, 1.807) is 11.4 Å². The van der Waals surface area contributed by atoms with Gasteiger partial charge in [-0.2, -0.15) is 5.10 Å². The Kier molecular flexibility index (Phi) is 2.49. The molecular formula is C11H13N3O. The minimum atomic E-state index is 0.162. The van der Waals surface area contributed by atoms with Crippen LogP contribution >= 0.6 is 0 Å². The lowest BCUT2D eigenvalue weighted by atomic mass is 10.1. The third kappa shape index (κ3) is 2.03. The number of carbonyl (C=O) groups excluding carboxylic acids is 1. The molecule has 0 aliphatic carbocycles. The molecule has 0 unspecified atom stereocenters. The van der Waals surface area contributed by atoms with E-state index in [0.717, 1.165) is 23.5 Å². The molecule has 78 valence electrons. The van der Waals surface area contributed by atoms with Gasteiger partial charge in [-0.25, -0.2) is 9.50 Å². The molecule has 0 aliphatic rings. The number of hydrogen-bond acceptors (Lipinski definition) is 3. The van der Waals surface area contributed by atoms with Gasteiger partial charge in [0.2, 0.25) is 0 Å². The summed E-state index contributed by atoms with van der Waals surface area (Å²) in [5, 5.41) is 4.27. The number of nitrogens with zero attached hydrogens (tertiary/aromatic N) is 3. The van der Waals surface area contributed by atoms with E-state index in [1.807, 2.05) is 25.3 Å². The van der Waals surface area contributed by atoms with Gasteiger partial charge in [-0.1, -0.05) is 6.92 Å². The Morgan fingerprint density at radius 1 is 1.53 bits per heavy atom. The van der Waals surface area contributed by atoms with Crippen molar-refractivity contribution in [2.24, 2.45) is 0 Å². The Hall–Kier alpha value is -1.71. The molecule has 4 nitrogen and oxygen atoms in total. The Morgan fingerprint density at radius 3 is 3.00 bits per heavy atom. The van der Waals surface area contributed by atoms with Gasteiger partial charge in [0.15, 0.2) is 11.5 Å². The van der Waals surface area contributed by atoms with Crippen molar-refractivity contribution in [3.8, 4) is 0 Å². The molecule has 4 heteroatoms. The van der Waals surface area contributed by atoms with Gasteiger partial charge < -0.3 is 0 Å². The first-order valence-corrected chi connectivity index (χ1v) is 5.02. The van der Waals surface area contributed by atoms with E-state index in [-0.39, 0.29) is 5.78 Å². The average Bonchev–Trinajstić information content (AvgIpc) is 2.58. The van der Waals surface area contributed by atoms with Crippen LogP contribution in [0.25, 0.3) is 5.65 Å². The smallest absolute Gasteiger partial charge is 0.155 e. The van der Waals surface area contributed by atoms with E-state index >= 15 is 0 Å². The second-order valence-corrected chi connectivity index (χ2v) is 3.60. The normalized spacial score (nSPS) is 10.8. The number of ketones is 1. The van der Waals surface area contributed by atoms with Gasteiger partial charge in [-0.3, -0.25) is 4.79 Å². The number of aryl methyl sites for hydroxylation is 1. The minimum absolute atomic E-state index is 0.162. The van der Waals surface area contributed by atoms with Gasteiger partial charge in [0.1, 0.15) is 5.78 Å². The van der Waals surface area contributed by atoms with E-state index in [9.17, 15) is 4.79 Å². The quantitative estimate of drug-likeness (QED) is 0.758. The molecular weight excluding hydrogens is 190 g/mol. The molecule has 0 amide bonds. The molecule has 0 atom stereocenters. The largest absolute Gasteiger partial charge is 0.300 e. The van der Waals surface area contributed by atoms with Crippen molar-refractivity contribution >= 4 is 11.4 Å². The van der Waals surface area contributed by atoms with Crippen LogP contribution in [0.4, 0.5) is 0 Å². The number of hydrogen-bond donors (Lipinski definition) is 0. The first kappa shape index (κ1) is 9.83. The Bertz CT molecular complexity index is 502. The van der Waals surface area contributed by atoms with Gasteiger partial charge in [0.05, 0.1) is 0 Å². The number of aromatic nitrogens is 3. The van der Waals surface area contributed by atoms with Crippen molar-refractivity contribution in [2.45, 2.75) is 26.7 Å². The van der Waals surface area contributed by atoms with Gasteiger partial charge in [0.25, 0.3) is 0 Å². The molecule has 0 N–H and O–H groups in total. The first-order valence-electron chi connectivity index (χ1n) is 5.02. The van der Waals surface area contributed by atoms with Gasteiger partial charge in [-0.05, 0) is 24.6 Å². The molecule has 0 fully saturated rings. The fourth-order valence-corrected chi connectivity index (χ4v) is 1.52. The van der Waals surface area contributed by atoms with Crippen molar-refractivity contribution in [3.63, 3.8) is 0 Å². The van der Waals surface area contributed by atoms with Crippen LogP contribution < -0.4 is 0 Å². The highest BCUT2D eigenvalue weighted by Crippen LogP contribution is 2.07. The Balaban J connectivity index is 2.41. The molecule has 0 aromatic carbocycles. The number of rotatable bonds is 3. The second kappa shape index (κ2) is 3.81. The fourth-order valence-electron chi connectivity index (χ4n) is 1.52. The molecule has 0 spiro atoms. The summed E-state index contributed by atoms with van der Waals surface area (Å²) in [5.74, 6) is 0.990. The zero-order valence-corrected chi connectivity index (χ0v) is 8.90. The molecule has 2 rings (SSSR count). The number of carbonyl (C=O) groups is 1. The average molecular weight is 203 g/mol. The number of pyridine rings is 1. The third-order valence-corrected chi connectivity index (χ3v) is 2.22. The molecule has 0 saturated carbocycles. The van der Waals surface area contributed by atoms with Crippen LogP contribution in [0.5, 0.6) is 0 Å². The summed E-state index contributed by atoms with van der Waals surface area (Å²) in [4.78, 5) is 15.3. The summed E-state index contributed by atoms with van der Waals surface area (Å²) in [6, 6.07) is 3.82. The van der Waals surface area contributed by atoms with Gasteiger partial charge in [-0.15, -0.1) is 0 Å². The summed E-state index contributed by atoms with van der Waals surface area (Å²) in [6.07, 6.45) is 3.13. The molecule has 0 bridgehead atoms. The predicted molar refractivity (Wildman–Crippen MR) is 56.8 cm³/mol. The molecule has 15 heavy (non-hydrogen) atoms. The lowest BCUT2D eigenvalue weighted by Gasteiger charge is -1.97. The van der Waals surface area contributed by atoms with E-state index in [0.29, 0.717) is 6.42 Å². The summed E-state index contributed by atoms with van der Waals surface area (Å²) in [6.45, 7) is 3.61. The maximum Gasteiger partial charge on any atom is 0.155 e. The lowest BCUT2D eigenvalue weighted by molar-refractivity contribution is -0.116. The predicted octanol–water partition coefficient (Wildman–Crippen LogP) is 1.42. The van der Waals surface area contributed by atoms with Crippen molar-refractivity contribution in [1.82, 2.24) is 14.6 Å². The molecule has 2 aromatic rings. The summed E-state index contributed by atoms with van der Waals surface area (Å²) < 4.78 is 1.74. The van der Waals surface area contributed by atoms with Crippen LogP contribution in [0.2, 0.25) is 0 Å². The van der Waals surface area contributed by atoms with Crippen molar-refractivity contribution in [3.05, 3.63) is 29.7 Å². The highest BCUT2D eigenvalue weighted by Gasteiger charge is 2.03. The topological polar surface area (TPSA) is 47.3 Å². The van der Waals surface area contributed by atoms with Crippen molar-refractivity contribution in [2.75, 3.05) is 0 Å². The van der Waals surface area contributed by atoms with Crippen LogP contribution in [0, 0.1) is 0 Å². The molecule has 2 aromatic heterocycles. The summed E-state index contributed by atoms with van der Waals surface area (Å²) in [7, 11) is 0. The molecule has 0 radical (unpaired) electrons. The fraction of sp³-hybridized carbons (Fsp3) is 0.364. The zero-order valence-electron chi connectivity index (χ0n) is 8.90. The van der Waals surface area contributed by atoms with Crippen LogP contribution in [-0.4, -0.2) is 20.4 Å². The highest BCUT2D eigenvalue weighted by atomic mass is 16.1. The van der Waals surface area contributed by atoms with E-state index in [2.05, 4.69) is 10.1 Å². The molecule has 0 saturated heterocycles. The van der Waals surface area contributed by atoms with E-state index in [4.69, 9.17) is 0 Å². The Morgan fingerprint density at radius 2 is 2.33 bits per heavy atom. The lowest BCUT2D eigenvalue weighted by Crippen LogP contribution is -1.97. The molecule has 0 aliphatic heterocycles. The number of fused-ring (bicyclic) bond motifs is 1.